The van der Waals surface area contributed by atoms with Gasteiger partial charge < -0.3 is 20.1 Å². The van der Waals surface area contributed by atoms with Crippen molar-refractivity contribution in [2.75, 3.05) is 36.5 Å². The number of aryl methyl sites for hydroxylation is 1. The third-order valence-corrected chi connectivity index (χ3v) is 7.58. The number of aliphatic hydroxyl groups excluding tert-OH is 1. The number of piperidine rings is 1. The molecule has 0 saturated carbocycles. The van der Waals surface area contributed by atoms with Crippen LogP contribution in [-0.2, 0) is 11.8 Å². The first-order valence-electron chi connectivity index (χ1n) is 12.9. The number of hydrogen-bond donors (Lipinski definition) is 2. The Labute approximate surface area is 210 Å². The monoisotopic (exact) mass is 494 g/mol. The number of nitrogens with zero attached hydrogens (tertiary/aromatic N) is 3. The average Bonchev–Trinajstić information content (AvgIpc) is 2.88. The van der Waals surface area contributed by atoms with E-state index < -0.39 is 0 Å². The molecule has 3 aromatic rings. The Bertz CT molecular complexity index is 1310. The summed E-state index contributed by atoms with van der Waals surface area (Å²) in [5.74, 6) is 0.709. The minimum atomic E-state index is -0.303. The summed E-state index contributed by atoms with van der Waals surface area (Å²) in [5, 5.41) is 14.1. The lowest BCUT2D eigenvalue weighted by Crippen LogP contribution is -2.36. The summed E-state index contributed by atoms with van der Waals surface area (Å²) in [4.78, 5) is 20.6. The standard InChI is InChI=1S/C28H35FN4O3/c1-17-14-22(26-23(15-17)28(35)32(3)27(31-26)19-8-12-36-13-9-19)18(2)30-24-5-4-20(29)16-25(24)33-10-6-21(34)7-11-33/h4-5,14-16,18-19,21,30,34H,6-13H2,1-3H3/t18-/m0/s1. The molecule has 36 heavy (non-hydrogen) atoms. The molecule has 2 aliphatic heterocycles. The number of nitrogens with one attached hydrogen (secondary N) is 1. The first-order valence-corrected chi connectivity index (χ1v) is 12.9. The fourth-order valence-corrected chi connectivity index (χ4v) is 5.53. The van der Waals surface area contributed by atoms with Gasteiger partial charge in [0.2, 0.25) is 0 Å². The van der Waals surface area contributed by atoms with Gasteiger partial charge in [0.15, 0.2) is 0 Å². The first kappa shape index (κ1) is 24.7. The molecule has 0 bridgehead atoms. The van der Waals surface area contributed by atoms with Crippen LogP contribution < -0.4 is 15.8 Å². The third kappa shape index (κ3) is 4.84. The van der Waals surface area contributed by atoms with E-state index in [2.05, 4.69) is 23.2 Å². The van der Waals surface area contributed by atoms with Crippen molar-refractivity contribution in [1.82, 2.24) is 9.55 Å². The van der Waals surface area contributed by atoms with E-state index in [-0.39, 0.29) is 29.4 Å². The van der Waals surface area contributed by atoms with Crippen molar-refractivity contribution in [1.29, 1.82) is 0 Å². The zero-order valence-electron chi connectivity index (χ0n) is 21.3. The Balaban J connectivity index is 1.54. The van der Waals surface area contributed by atoms with Crippen LogP contribution in [0.4, 0.5) is 15.8 Å². The maximum Gasteiger partial charge on any atom is 0.261 e. The fourth-order valence-electron chi connectivity index (χ4n) is 5.53. The molecule has 8 heteroatoms. The number of halogens is 1. The predicted octanol–water partition coefficient (Wildman–Crippen LogP) is 4.41. The van der Waals surface area contributed by atoms with Crippen LogP contribution in [0.25, 0.3) is 10.9 Å². The molecule has 0 spiro atoms. The SMILES string of the molecule is Cc1cc([C@H](C)Nc2ccc(F)cc2N2CCC(O)CC2)c2nc(C3CCOCC3)n(C)c(=O)c2c1. The molecule has 7 nitrogen and oxygen atoms in total. The Morgan fingerprint density at radius 3 is 2.58 bits per heavy atom. The Kier molecular flexibility index (Phi) is 6.99. The summed E-state index contributed by atoms with van der Waals surface area (Å²) in [6, 6.07) is 8.61. The van der Waals surface area contributed by atoms with E-state index in [0.29, 0.717) is 44.5 Å². The predicted molar refractivity (Wildman–Crippen MR) is 140 cm³/mol. The summed E-state index contributed by atoms with van der Waals surface area (Å²) in [6.45, 7) is 6.75. The molecule has 2 fully saturated rings. The van der Waals surface area contributed by atoms with Gasteiger partial charge in [0.05, 0.1) is 34.4 Å². The highest BCUT2D eigenvalue weighted by atomic mass is 19.1. The van der Waals surface area contributed by atoms with E-state index in [4.69, 9.17) is 9.72 Å². The van der Waals surface area contributed by atoms with E-state index in [0.717, 1.165) is 46.7 Å². The molecule has 5 rings (SSSR count). The maximum absolute atomic E-state index is 14.2. The van der Waals surface area contributed by atoms with Crippen molar-refractivity contribution in [3.8, 4) is 0 Å². The van der Waals surface area contributed by atoms with Gasteiger partial charge in [0, 0.05) is 44.8 Å². The van der Waals surface area contributed by atoms with Crippen molar-refractivity contribution in [3.05, 3.63) is 63.5 Å². The number of anilines is 2. The second-order valence-electron chi connectivity index (χ2n) is 10.2. The highest BCUT2D eigenvalue weighted by Crippen LogP contribution is 2.34. The van der Waals surface area contributed by atoms with Crippen LogP contribution in [-0.4, -0.2) is 47.1 Å². The largest absolute Gasteiger partial charge is 0.393 e. The van der Waals surface area contributed by atoms with Crippen LogP contribution in [0.2, 0.25) is 0 Å². The van der Waals surface area contributed by atoms with Crippen LogP contribution >= 0.6 is 0 Å². The molecule has 192 valence electrons. The number of fused-ring (bicyclic) bond motifs is 1. The Morgan fingerprint density at radius 1 is 1.14 bits per heavy atom. The average molecular weight is 495 g/mol. The molecule has 2 aromatic carbocycles. The lowest BCUT2D eigenvalue weighted by Gasteiger charge is -2.33. The Hall–Kier alpha value is -2.97. The van der Waals surface area contributed by atoms with Crippen molar-refractivity contribution >= 4 is 22.3 Å². The van der Waals surface area contributed by atoms with Crippen LogP contribution in [0.1, 0.15) is 61.5 Å². The molecule has 1 aromatic heterocycles. The van der Waals surface area contributed by atoms with Crippen LogP contribution in [0.5, 0.6) is 0 Å². The van der Waals surface area contributed by atoms with Gasteiger partial charge in [0.1, 0.15) is 11.6 Å². The van der Waals surface area contributed by atoms with E-state index in [1.165, 1.54) is 6.07 Å². The summed E-state index contributed by atoms with van der Waals surface area (Å²) in [7, 11) is 1.81. The van der Waals surface area contributed by atoms with E-state index in [9.17, 15) is 14.3 Å². The van der Waals surface area contributed by atoms with Crippen molar-refractivity contribution in [2.24, 2.45) is 7.05 Å². The number of hydrogen-bond acceptors (Lipinski definition) is 6. The molecule has 0 amide bonds. The van der Waals surface area contributed by atoms with Crippen molar-refractivity contribution in [2.45, 2.75) is 57.6 Å². The number of aliphatic hydroxyl groups is 1. The smallest absolute Gasteiger partial charge is 0.261 e. The van der Waals surface area contributed by atoms with E-state index in [1.807, 2.05) is 20.0 Å². The zero-order valence-corrected chi connectivity index (χ0v) is 21.3. The quantitative estimate of drug-likeness (QED) is 0.547. The minimum absolute atomic E-state index is 0.0343. The lowest BCUT2D eigenvalue weighted by atomic mass is 9.97. The first-order chi connectivity index (χ1) is 17.3. The van der Waals surface area contributed by atoms with Crippen LogP contribution in [0.3, 0.4) is 0 Å². The summed E-state index contributed by atoms with van der Waals surface area (Å²) in [6.07, 6.45) is 2.73. The fraction of sp³-hybridized carbons (Fsp3) is 0.500. The van der Waals surface area contributed by atoms with Gasteiger partial charge in [-0.3, -0.25) is 9.36 Å². The van der Waals surface area contributed by atoms with Crippen LogP contribution in [0, 0.1) is 12.7 Å². The number of aromatic nitrogens is 2. The second kappa shape index (κ2) is 10.2. The van der Waals surface area contributed by atoms with Gasteiger partial charge in [-0.15, -0.1) is 0 Å². The molecule has 3 heterocycles. The molecule has 2 saturated heterocycles. The van der Waals surface area contributed by atoms with Gasteiger partial charge in [-0.25, -0.2) is 9.37 Å². The molecule has 2 aliphatic rings. The second-order valence-corrected chi connectivity index (χ2v) is 10.2. The highest BCUT2D eigenvalue weighted by molar-refractivity contribution is 5.83. The molecule has 0 aliphatic carbocycles. The molecule has 1 atom stereocenters. The van der Waals surface area contributed by atoms with Crippen molar-refractivity contribution in [3.63, 3.8) is 0 Å². The topological polar surface area (TPSA) is 79.6 Å². The highest BCUT2D eigenvalue weighted by Gasteiger charge is 2.25. The number of rotatable bonds is 5. The summed E-state index contributed by atoms with van der Waals surface area (Å²) >= 11 is 0. The van der Waals surface area contributed by atoms with Gasteiger partial charge in [-0.1, -0.05) is 6.07 Å². The minimum Gasteiger partial charge on any atom is -0.393 e. The van der Waals surface area contributed by atoms with Crippen molar-refractivity contribution < 1.29 is 14.2 Å². The van der Waals surface area contributed by atoms with Crippen LogP contribution in [0.15, 0.2) is 35.1 Å². The third-order valence-electron chi connectivity index (χ3n) is 7.58. The van der Waals surface area contributed by atoms with E-state index >= 15 is 0 Å². The lowest BCUT2D eigenvalue weighted by molar-refractivity contribution is 0.0828. The van der Waals surface area contributed by atoms with E-state index in [1.54, 1.807) is 16.7 Å². The number of ether oxygens (including phenoxy) is 1. The Morgan fingerprint density at radius 2 is 1.86 bits per heavy atom. The molecular weight excluding hydrogens is 459 g/mol. The number of benzene rings is 2. The van der Waals surface area contributed by atoms with Gasteiger partial charge in [-0.2, -0.15) is 0 Å². The summed E-state index contributed by atoms with van der Waals surface area (Å²) in [5.41, 5.74) is 4.23. The molecule has 0 unspecified atom stereocenters. The summed E-state index contributed by atoms with van der Waals surface area (Å²) < 4.78 is 21.5. The molecule has 0 radical (unpaired) electrons. The van der Waals surface area contributed by atoms with Gasteiger partial charge >= 0.3 is 0 Å². The zero-order chi connectivity index (χ0) is 25.4. The molecule has 2 N–H and O–H groups in total. The molecular formula is C28H35FN4O3. The normalized spacial score (nSPS) is 18.5. The maximum atomic E-state index is 14.2. The van der Waals surface area contributed by atoms with Gasteiger partial charge in [0.25, 0.3) is 5.56 Å². The van der Waals surface area contributed by atoms with Gasteiger partial charge in [-0.05, 0) is 69.4 Å².